The van der Waals surface area contributed by atoms with Gasteiger partial charge in [-0.25, -0.2) is 0 Å². The number of allylic oxidation sites excluding steroid dienone is 2. The van der Waals surface area contributed by atoms with Crippen molar-refractivity contribution in [1.29, 1.82) is 5.41 Å². The lowest BCUT2D eigenvalue weighted by atomic mass is 10.3. The van der Waals surface area contributed by atoms with E-state index in [9.17, 15) is 0 Å². The van der Waals surface area contributed by atoms with Crippen LogP contribution in [0.25, 0.3) is 0 Å². The average Bonchev–Trinajstić information content (AvgIpc) is 2.11. The van der Waals surface area contributed by atoms with E-state index in [1.165, 1.54) is 6.34 Å². The van der Waals surface area contributed by atoms with Gasteiger partial charge in [0.1, 0.15) is 0 Å². The first-order chi connectivity index (χ1) is 5.63. The van der Waals surface area contributed by atoms with E-state index in [-0.39, 0.29) is 0 Å². The van der Waals surface area contributed by atoms with Gasteiger partial charge in [0.25, 0.3) is 0 Å². The molecule has 0 spiro atoms. The molecule has 0 heterocycles. The highest BCUT2D eigenvalue weighted by Crippen LogP contribution is 2.06. The van der Waals surface area contributed by atoms with E-state index >= 15 is 0 Å². The van der Waals surface area contributed by atoms with Crippen LogP contribution in [0.15, 0.2) is 16.4 Å². The van der Waals surface area contributed by atoms with Crippen molar-refractivity contribution < 1.29 is 0 Å². The molecule has 0 unspecified atom stereocenters. The van der Waals surface area contributed by atoms with Gasteiger partial charge in [0.05, 0.1) is 12.0 Å². The van der Waals surface area contributed by atoms with Crippen molar-refractivity contribution in [1.82, 2.24) is 4.90 Å². The molecule has 0 aromatic rings. The van der Waals surface area contributed by atoms with Crippen molar-refractivity contribution in [3.8, 4) is 0 Å². The Balaban J connectivity index is 4.44. The lowest BCUT2D eigenvalue weighted by Crippen LogP contribution is -2.13. The second-order valence-electron chi connectivity index (χ2n) is 2.63. The molecule has 0 aliphatic carbocycles. The molecule has 0 saturated carbocycles. The highest BCUT2D eigenvalue weighted by molar-refractivity contribution is 5.59. The van der Waals surface area contributed by atoms with Crippen LogP contribution in [0.4, 0.5) is 0 Å². The van der Waals surface area contributed by atoms with Gasteiger partial charge < -0.3 is 4.90 Å². The van der Waals surface area contributed by atoms with Crippen LogP contribution in [0.1, 0.15) is 27.2 Å². The molecule has 0 rings (SSSR count). The molecule has 0 atom stereocenters. The van der Waals surface area contributed by atoms with Crippen LogP contribution >= 0.6 is 0 Å². The Morgan fingerprint density at radius 2 is 2.08 bits per heavy atom. The number of nitrogens with zero attached hydrogens (tertiary/aromatic N) is 2. The van der Waals surface area contributed by atoms with Gasteiger partial charge in [-0.15, -0.1) is 0 Å². The summed E-state index contributed by atoms with van der Waals surface area (Å²) in [6.07, 6.45) is 4.09. The maximum atomic E-state index is 7.02. The van der Waals surface area contributed by atoms with E-state index in [1.807, 2.05) is 34.0 Å². The summed E-state index contributed by atoms with van der Waals surface area (Å²) in [5, 5.41) is 7.02. The van der Waals surface area contributed by atoms with Gasteiger partial charge >= 0.3 is 0 Å². The summed E-state index contributed by atoms with van der Waals surface area (Å²) in [5.74, 6) is 0. The van der Waals surface area contributed by atoms with Gasteiger partial charge in [0.15, 0.2) is 0 Å². The third kappa shape index (κ3) is 3.32. The number of nitrogens with one attached hydrogen (secondary N) is 1. The van der Waals surface area contributed by atoms with E-state index in [2.05, 4.69) is 4.99 Å². The Hall–Kier alpha value is -1.12. The summed E-state index contributed by atoms with van der Waals surface area (Å²) in [6.45, 7) is 5.95. The quantitative estimate of drug-likeness (QED) is 0.506. The molecule has 12 heavy (non-hydrogen) atoms. The zero-order valence-corrected chi connectivity index (χ0v) is 8.26. The summed E-state index contributed by atoms with van der Waals surface area (Å²) in [5.41, 5.74) is 1.97. The first-order valence-electron chi connectivity index (χ1n) is 4.06. The summed E-state index contributed by atoms with van der Waals surface area (Å²) in [7, 11) is 1.84. The molecule has 0 aromatic heterocycles. The van der Waals surface area contributed by atoms with Crippen molar-refractivity contribution in [3.63, 3.8) is 0 Å². The molecule has 3 nitrogen and oxygen atoms in total. The topological polar surface area (TPSA) is 39.5 Å². The molecule has 0 fully saturated rings. The lowest BCUT2D eigenvalue weighted by Gasteiger charge is -2.13. The van der Waals surface area contributed by atoms with Crippen LogP contribution < -0.4 is 0 Å². The SMILES string of the molecule is CCC=NC(C)=C(C)N(C)C=N. The smallest absolute Gasteiger partial charge is 0.0857 e. The van der Waals surface area contributed by atoms with E-state index in [0.29, 0.717) is 0 Å². The molecule has 0 aliphatic heterocycles. The lowest BCUT2D eigenvalue weighted by molar-refractivity contribution is 0.630. The minimum atomic E-state index is 0.943. The number of hydrogen-bond acceptors (Lipinski definition) is 2. The predicted octanol–water partition coefficient (Wildman–Crippen LogP) is 2.26. The predicted molar refractivity (Wildman–Crippen MR) is 53.7 cm³/mol. The van der Waals surface area contributed by atoms with E-state index < -0.39 is 0 Å². The Morgan fingerprint density at radius 3 is 2.50 bits per heavy atom. The first-order valence-corrected chi connectivity index (χ1v) is 4.06. The molecule has 0 aromatic carbocycles. The number of rotatable bonds is 4. The van der Waals surface area contributed by atoms with Gasteiger partial charge in [-0.1, -0.05) is 6.92 Å². The van der Waals surface area contributed by atoms with E-state index in [4.69, 9.17) is 5.41 Å². The molecular formula is C9H17N3. The zero-order valence-electron chi connectivity index (χ0n) is 8.26. The molecule has 1 N–H and O–H groups in total. The first kappa shape index (κ1) is 10.9. The molecule has 0 aliphatic rings. The Labute approximate surface area is 74.3 Å². The maximum Gasteiger partial charge on any atom is 0.0857 e. The van der Waals surface area contributed by atoms with Crippen LogP contribution in [0.2, 0.25) is 0 Å². The van der Waals surface area contributed by atoms with Gasteiger partial charge in [-0.05, 0) is 20.3 Å². The fraction of sp³-hybridized carbons (Fsp3) is 0.556. The number of hydrogen-bond donors (Lipinski definition) is 1. The standard InChI is InChI=1S/C9H17N3/c1-5-6-11-8(2)9(3)12(4)7-10/h6-7,10H,5H2,1-4H3. The van der Waals surface area contributed by atoms with Crippen molar-refractivity contribution in [2.24, 2.45) is 4.99 Å². The average molecular weight is 167 g/mol. The van der Waals surface area contributed by atoms with Crippen LogP contribution in [-0.4, -0.2) is 24.5 Å². The molecular weight excluding hydrogens is 150 g/mol. The third-order valence-corrected chi connectivity index (χ3v) is 1.71. The van der Waals surface area contributed by atoms with Crippen molar-refractivity contribution >= 4 is 12.6 Å². The molecule has 3 heteroatoms. The monoisotopic (exact) mass is 167 g/mol. The fourth-order valence-electron chi connectivity index (χ4n) is 0.674. The van der Waals surface area contributed by atoms with E-state index in [1.54, 1.807) is 4.90 Å². The van der Waals surface area contributed by atoms with Crippen LogP contribution in [0, 0.1) is 5.41 Å². The summed E-state index contributed by atoms with van der Waals surface area (Å²) >= 11 is 0. The van der Waals surface area contributed by atoms with Gasteiger partial charge in [0.2, 0.25) is 0 Å². The molecule has 0 amide bonds. The minimum absolute atomic E-state index is 0.943. The maximum absolute atomic E-state index is 7.02. The molecule has 68 valence electrons. The van der Waals surface area contributed by atoms with Crippen molar-refractivity contribution in [2.45, 2.75) is 27.2 Å². The molecule has 0 bridgehead atoms. The van der Waals surface area contributed by atoms with Crippen LogP contribution in [0.3, 0.4) is 0 Å². The van der Waals surface area contributed by atoms with Crippen molar-refractivity contribution in [3.05, 3.63) is 11.4 Å². The van der Waals surface area contributed by atoms with Gasteiger partial charge in [0, 0.05) is 19.0 Å². The van der Waals surface area contributed by atoms with Crippen LogP contribution in [0.5, 0.6) is 0 Å². The summed E-state index contributed by atoms with van der Waals surface area (Å²) in [4.78, 5) is 5.96. The van der Waals surface area contributed by atoms with Crippen molar-refractivity contribution in [2.75, 3.05) is 7.05 Å². The van der Waals surface area contributed by atoms with Gasteiger partial charge in [-0.3, -0.25) is 10.4 Å². The third-order valence-electron chi connectivity index (χ3n) is 1.71. The van der Waals surface area contributed by atoms with Gasteiger partial charge in [-0.2, -0.15) is 0 Å². The highest BCUT2D eigenvalue weighted by atomic mass is 15.1. The fourth-order valence-corrected chi connectivity index (χ4v) is 0.674. The Kier molecular flexibility index (Phi) is 5.00. The summed E-state index contributed by atoms with van der Waals surface area (Å²) in [6, 6.07) is 0. The normalized spacial score (nSPS) is 13.0. The second kappa shape index (κ2) is 5.52. The van der Waals surface area contributed by atoms with E-state index in [0.717, 1.165) is 17.8 Å². The molecule has 0 saturated heterocycles. The largest absolute Gasteiger partial charge is 0.338 e. The summed E-state index contributed by atoms with van der Waals surface area (Å²) < 4.78 is 0. The zero-order chi connectivity index (χ0) is 9.56. The second-order valence-corrected chi connectivity index (χ2v) is 2.63. The number of aliphatic imine (C=N–C) groups is 1. The molecule has 0 radical (unpaired) electrons. The Morgan fingerprint density at radius 1 is 1.50 bits per heavy atom. The van der Waals surface area contributed by atoms with Crippen LogP contribution in [-0.2, 0) is 0 Å². The Bertz CT molecular complexity index is 204. The highest BCUT2D eigenvalue weighted by Gasteiger charge is 1.97. The minimum Gasteiger partial charge on any atom is -0.338 e.